The number of nitrogens with zero attached hydrogens (tertiary/aromatic N) is 2. The van der Waals surface area contributed by atoms with Crippen LogP contribution < -0.4 is 0 Å². The summed E-state index contributed by atoms with van der Waals surface area (Å²) < 4.78 is 0. The van der Waals surface area contributed by atoms with E-state index >= 15 is 0 Å². The van der Waals surface area contributed by atoms with Gasteiger partial charge in [-0.05, 0) is 31.5 Å². The first-order valence-electron chi connectivity index (χ1n) is 8.39. The molecule has 0 saturated carbocycles. The average molecular weight is 343 g/mol. The van der Waals surface area contributed by atoms with Gasteiger partial charge >= 0.3 is 0 Å². The lowest BCUT2D eigenvalue weighted by molar-refractivity contribution is 0.0270. The highest BCUT2D eigenvalue weighted by Gasteiger charge is 2.32. The summed E-state index contributed by atoms with van der Waals surface area (Å²) >= 11 is 6.19. The molecule has 0 aromatic heterocycles. The maximum absolute atomic E-state index is 12.8. The number of rotatable bonds is 3. The van der Waals surface area contributed by atoms with Crippen LogP contribution in [0.4, 0.5) is 0 Å². The molecule has 2 atom stereocenters. The van der Waals surface area contributed by atoms with Crippen molar-refractivity contribution in [2.45, 2.75) is 32.5 Å². The number of piperazine rings is 1. The Morgan fingerprint density at radius 3 is 2.21 bits per heavy atom. The molecule has 1 aliphatic rings. The minimum atomic E-state index is 0.0265. The van der Waals surface area contributed by atoms with Gasteiger partial charge in [0.05, 0.1) is 10.6 Å². The topological polar surface area (TPSA) is 23.6 Å². The van der Waals surface area contributed by atoms with E-state index in [4.69, 9.17) is 11.6 Å². The van der Waals surface area contributed by atoms with Gasteiger partial charge in [-0.1, -0.05) is 54.1 Å². The van der Waals surface area contributed by atoms with Crippen LogP contribution in [0, 0.1) is 0 Å². The number of hydrogen-bond acceptors (Lipinski definition) is 2. The Balaban J connectivity index is 1.71. The molecule has 3 rings (SSSR count). The third-order valence-corrected chi connectivity index (χ3v) is 5.03. The molecular weight excluding hydrogens is 320 g/mol. The van der Waals surface area contributed by atoms with Crippen molar-refractivity contribution in [1.82, 2.24) is 9.80 Å². The second-order valence-electron chi connectivity index (χ2n) is 6.55. The first-order valence-corrected chi connectivity index (χ1v) is 8.77. The van der Waals surface area contributed by atoms with Crippen molar-refractivity contribution in [3.63, 3.8) is 0 Å². The lowest BCUT2D eigenvalue weighted by Gasteiger charge is -2.44. The fourth-order valence-corrected chi connectivity index (χ4v) is 3.65. The number of hydrogen-bond donors (Lipinski definition) is 0. The van der Waals surface area contributed by atoms with Crippen molar-refractivity contribution in [3.05, 3.63) is 70.7 Å². The highest BCUT2D eigenvalue weighted by molar-refractivity contribution is 6.33. The van der Waals surface area contributed by atoms with Crippen molar-refractivity contribution in [3.8, 4) is 0 Å². The third kappa shape index (κ3) is 3.63. The molecule has 0 bridgehead atoms. The Hall–Kier alpha value is -1.84. The number of carbonyl (C=O) groups excluding carboxylic acids is 1. The Bertz CT molecular complexity index is 692. The van der Waals surface area contributed by atoms with Gasteiger partial charge in [-0.3, -0.25) is 9.69 Å². The summed E-state index contributed by atoms with van der Waals surface area (Å²) in [4.78, 5) is 17.2. The normalized spacial score (nSPS) is 21.7. The zero-order valence-electron chi connectivity index (χ0n) is 14.2. The molecule has 0 spiro atoms. The maximum Gasteiger partial charge on any atom is 0.255 e. The molecule has 24 heavy (non-hydrogen) atoms. The van der Waals surface area contributed by atoms with E-state index in [1.807, 2.05) is 23.1 Å². The summed E-state index contributed by atoms with van der Waals surface area (Å²) in [6.07, 6.45) is 0. The van der Waals surface area contributed by atoms with Crippen LogP contribution in [0.1, 0.15) is 29.8 Å². The third-order valence-electron chi connectivity index (χ3n) is 4.70. The highest BCUT2D eigenvalue weighted by atomic mass is 35.5. The standard InChI is InChI=1S/C20H23ClN2O/c1-15-12-22(20(24)18-10-6-7-11-19(18)21)13-16(2)23(15)14-17-8-4-3-5-9-17/h3-11,15-16H,12-14H2,1-2H3. The van der Waals surface area contributed by atoms with E-state index in [-0.39, 0.29) is 5.91 Å². The monoisotopic (exact) mass is 342 g/mol. The molecular formula is C20H23ClN2O. The van der Waals surface area contributed by atoms with Gasteiger partial charge in [-0.15, -0.1) is 0 Å². The van der Waals surface area contributed by atoms with Gasteiger partial charge in [0.2, 0.25) is 0 Å². The van der Waals surface area contributed by atoms with E-state index in [0.717, 1.165) is 19.6 Å². The highest BCUT2D eigenvalue weighted by Crippen LogP contribution is 2.23. The molecule has 1 heterocycles. The quantitative estimate of drug-likeness (QED) is 0.839. The van der Waals surface area contributed by atoms with Gasteiger partial charge in [-0.2, -0.15) is 0 Å². The number of amides is 1. The van der Waals surface area contributed by atoms with Crippen molar-refractivity contribution in [2.24, 2.45) is 0 Å². The molecule has 0 aliphatic carbocycles. The number of carbonyl (C=O) groups is 1. The molecule has 2 unspecified atom stereocenters. The van der Waals surface area contributed by atoms with Crippen molar-refractivity contribution in [2.75, 3.05) is 13.1 Å². The Morgan fingerprint density at radius 1 is 1.00 bits per heavy atom. The summed E-state index contributed by atoms with van der Waals surface area (Å²) in [5.41, 5.74) is 1.90. The van der Waals surface area contributed by atoms with Crippen molar-refractivity contribution >= 4 is 17.5 Å². The minimum absolute atomic E-state index is 0.0265. The van der Waals surface area contributed by atoms with E-state index in [9.17, 15) is 4.79 Å². The van der Waals surface area contributed by atoms with Gasteiger partial charge in [0.25, 0.3) is 5.91 Å². The molecule has 2 aromatic rings. The van der Waals surface area contributed by atoms with Crippen LogP contribution >= 0.6 is 11.6 Å². The van der Waals surface area contributed by atoms with Crippen LogP contribution in [0.15, 0.2) is 54.6 Å². The molecule has 3 nitrogen and oxygen atoms in total. The fourth-order valence-electron chi connectivity index (χ4n) is 3.43. The Kier molecular flexibility index (Phi) is 5.22. The van der Waals surface area contributed by atoms with Gasteiger partial charge in [0.1, 0.15) is 0 Å². The van der Waals surface area contributed by atoms with Gasteiger partial charge in [-0.25, -0.2) is 0 Å². The molecule has 2 aromatic carbocycles. The molecule has 1 saturated heterocycles. The molecule has 1 fully saturated rings. The van der Waals surface area contributed by atoms with Crippen LogP contribution in [-0.2, 0) is 6.54 Å². The lowest BCUT2D eigenvalue weighted by atomic mass is 10.0. The second kappa shape index (κ2) is 7.37. The average Bonchev–Trinajstić information content (AvgIpc) is 2.59. The molecule has 0 radical (unpaired) electrons. The zero-order valence-corrected chi connectivity index (χ0v) is 14.9. The van der Waals surface area contributed by atoms with Gasteiger partial charge in [0, 0.05) is 31.7 Å². The van der Waals surface area contributed by atoms with Crippen molar-refractivity contribution < 1.29 is 4.79 Å². The molecule has 1 amide bonds. The maximum atomic E-state index is 12.8. The zero-order chi connectivity index (χ0) is 17.1. The number of benzene rings is 2. The van der Waals surface area contributed by atoms with E-state index in [0.29, 0.717) is 22.7 Å². The van der Waals surface area contributed by atoms with Crippen LogP contribution in [0.2, 0.25) is 5.02 Å². The molecule has 0 N–H and O–H groups in total. The summed E-state index contributed by atoms with van der Waals surface area (Å²) in [6, 6.07) is 18.4. The summed E-state index contributed by atoms with van der Waals surface area (Å²) in [7, 11) is 0. The first kappa shape index (κ1) is 17.0. The molecule has 126 valence electrons. The van der Waals surface area contributed by atoms with Crippen LogP contribution in [0.25, 0.3) is 0 Å². The van der Waals surface area contributed by atoms with E-state index in [2.05, 4.69) is 43.0 Å². The smallest absolute Gasteiger partial charge is 0.255 e. The number of halogens is 1. The lowest BCUT2D eigenvalue weighted by Crippen LogP contribution is -2.57. The van der Waals surface area contributed by atoms with Crippen LogP contribution in [0.5, 0.6) is 0 Å². The van der Waals surface area contributed by atoms with E-state index in [1.165, 1.54) is 5.56 Å². The Labute approximate surface area is 148 Å². The summed E-state index contributed by atoms with van der Waals surface area (Å²) in [5.74, 6) is 0.0265. The Morgan fingerprint density at radius 2 is 1.58 bits per heavy atom. The predicted molar refractivity (Wildman–Crippen MR) is 98.3 cm³/mol. The molecule has 1 aliphatic heterocycles. The summed E-state index contributed by atoms with van der Waals surface area (Å²) in [5, 5.41) is 0.523. The van der Waals surface area contributed by atoms with E-state index in [1.54, 1.807) is 12.1 Å². The summed E-state index contributed by atoms with van der Waals surface area (Å²) in [6.45, 7) is 6.73. The SMILES string of the molecule is CC1CN(C(=O)c2ccccc2Cl)CC(C)N1Cc1ccccc1. The fraction of sp³-hybridized carbons (Fsp3) is 0.350. The molecule has 4 heteroatoms. The van der Waals surface area contributed by atoms with Gasteiger partial charge < -0.3 is 4.90 Å². The van der Waals surface area contributed by atoms with Gasteiger partial charge in [0.15, 0.2) is 0 Å². The minimum Gasteiger partial charge on any atom is -0.335 e. The van der Waals surface area contributed by atoms with Crippen molar-refractivity contribution in [1.29, 1.82) is 0 Å². The van der Waals surface area contributed by atoms with Crippen LogP contribution in [-0.4, -0.2) is 40.9 Å². The second-order valence-corrected chi connectivity index (χ2v) is 6.95. The first-order chi connectivity index (χ1) is 11.6. The predicted octanol–water partition coefficient (Wildman–Crippen LogP) is 4.08. The largest absolute Gasteiger partial charge is 0.335 e. The van der Waals surface area contributed by atoms with Crippen LogP contribution in [0.3, 0.4) is 0 Å². The van der Waals surface area contributed by atoms with E-state index < -0.39 is 0 Å².